The second-order valence-corrected chi connectivity index (χ2v) is 8.43. The molecule has 0 spiro atoms. The summed E-state index contributed by atoms with van der Waals surface area (Å²) in [5.41, 5.74) is 1.64. The summed E-state index contributed by atoms with van der Waals surface area (Å²) in [7, 11) is -3.24. The first kappa shape index (κ1) is 16.0. The van der Waals surface area contributed by atoms with Crippen LogP contribution in [-0.2, 0) is 9.84 Å². The number of thiazole rings is 1. The maximum Gasteiger partial charge on any atom is 0.180 e. The van der Waals surface area contributed by atoms with Crippen LogP contribution in [0, 0.1) is 13.8 Å². The molecule has 0 saturated carbocycles. The molecule has 6 heteroatoms. The highest BCUT2D eigenvalue weighted by atomic mass is 32.2. The summed E-state index contributed by atoms with van der Waals surface area (Å²) in [5, 5.41) is 4.33. The van der Waals surface area contributed by atoms with Gasteiger partial charge in [0.2, 0.25) is 0 Å². The van der Waals surface area contributed by atoms with E-state index in [0.29, 0.717) is 10.6 Å². The zero-order valence-electron chi connectivity index (χ0n) is 12.7. The van der Waals surface area contributed by atoms with Gasteiger partial charge in [0.05, 0.1) is 33.1 Å². The van der Waals surface area contributed by atoms with Crippen molar-refractivity contribution < 1.29 is 8.42 Å². The van der Waals surface area contributed by atoms with Gasteiger partial charge >= 0.3 is 0 Å². The van der Waals surface area contributed by atoms with E-state index in [4.69, 9.17) is 0 Å². The van der Waals surface area contributed by atoms with Gasteiger partial charge in [-0.15, -0.1) is 11.3 Å². The van der Waals surface area contributed by atoms with E-state index in [1.807, 2.05) is 32.9 Å². The number of para-hydroxylation sites is 1. The van der Waals surface area contributed by atoms with Crippen LogP contribution >= 0.6 is 11.3 Å². The molecule has 0 aliphatic rings. The Hall–Kier alpha value is -1.40. The SMILES string of the molecule is CCS(=O)(=O)c1ccccc1NC(C)c1sc(C)nc1C. The molecular weight excluding hydrogens is 304 g/mol. The largest absolute Gasteiger partial charge is 0.377 e. The monoisotopic (exact) mass is 324 g/mol. The Morgan fingerprint density at radius 3 is 2.52 bits per heavy atom. The van der Waals surface area contributed by atoms with Crippen LogP contribution in [0.2, 0.25) is 0 Å². The molecule has 1 aromatic heterocycles. The molecule has 0 aliphatic heterocycles. The highest BCUT2D eigenvalue weighted by molar-refractivity contribution is 7.91. The molecule has 1 heterocycles. The number of benzene rings is 1. The third-order valence-corrected chi connectivity index (χ3v) is 6.35. The molecule has 0 aliphatic carbocycles. The topological polar surface area (TPSA) is 59.1 Å². The first-order valence-electron chi connectivity index (χ1n) is 6.87. The van der Waals surface area contributed by atoms with Crippen molar-refractivity contribution in [1.29, 1.82) is 0 Å². The zero-order chi connectivity index (χ0) is 15.6. The van der Waals surface area contributed by atoms with Crippen LogP contribution in [0.1, 0.15) is 35.5 Å². The van der Waals surface area contributed by atoms with E-state index in [0.717, 1.165) is 15.6 Å². The lowest BCUT2D eigenvalue weighted by molar-refractivity contribution is 0.597. The number of rotatable bonds is 5. The minimum absolute atomic E-state index is 0.0180. The van der Waals surface area contributed by atoms with Gasteiger partial charge in [-0.3, -0.25) is 0 Å². The van der Waals surface area contributed by atoms with Crippen molar-refractivity contribution in [3.63, 3.8) is 0 Å². The molecule has 2 aromatic rings. The van der Waals surface area contributed by atoms with Gasteiger partial charge in [0.25, 0.3) is 0 Å². The highest BCUT2D eigenvalue weighted by Crippen LogP contribution is 2.30. The van der Waals surface area contributed by atoms with Crippen LogP contribution in [-0.4, -0.2) is 19.2 Å². The zero-order valence-corrected chi connectivity index (χ0v) is 14.3. The quantitative estimate of drug-likeness (QED) is 0.910. The summed E-state index contributed by atoms with van der Waals surface area (Å²) in [6, 6.07) is 7.07. The van der Waals surface area contributed by atoms with Gasteiger partial charge in [0, 0.05) is 4.88 Å². The smallest absolute Gasteiger partial charge is 0.180 e. The fraction of sp³-hybridized carbons (Fsp3) is 0.400. The maximum atomic E-state index is 12.2. The second-order valence-electron chi connectivity index (χ2n) is 4.95. The maximum absolute atomic E-state index is 12.2. The lowest BCUT2D eigenvalue weighted by Gasteiger charge is -2.17. The van der Waals surface area contributed by atoms with E-state index in [2.05, 4.69) is 10.3 Å². The van der Waals surface area contributed by atoms with Gasteiger partial charge < -0.3 is 5.32 Å². The molecule has 0 fully saturated rings. The van der Waals surface area contributed by atoms with Gasteiger partial charge in [-0.1, -0.05) is 19.1 Å². The van der Waals surface area contributed by atoms with Crippen LogP contribution in [0.25, 0.3) is 0 Å². The van der Waals surface area contributed by atoms with Crippen LogP contribution < -0.4 is 5.32 Å². The summed E-state index contributed by atoms with van der Waals surface area (Å²) in [4.78, 5) is 5.92. The van der Waals surface area contributed by atoms with Crippen molar-refractivity contribution in [1.82, 2.24) is 4.98 Å². The Kier molecular flexibility index (Phi) is 4.68. The number of aromatic nitrogens is 1. The first-order chi connectivity index (χ1) is 9.85. The molecular formula is C15H20N2O2S2. The molecule has 0 saturated heterocycles. The molecule has 0 amide bonds. The molecule has 1 unspecified atom stereocenters. The number of hydrogen-bond donors (Lipinski definition) is 1. The van der Waals surface area contributed by atoms with E-state index in [-0.39, 0.29) is 11.8 Å². The summed E-state index contributed by atoms with van der Waals surface area (Å²) in [6.45, 7) is 7.64. The Bertz CT molecular complexity index is 736. The Morgan fingerprint density at radius 1 is 1.29 bits per heavy atom. The predicted molar refractivity (Wildman–Crippen MR) is 87.8 cm³/mol. The van der Waals surface area contributed by atoms with E-state index in [9.17, 15) is 8.42 Å². The van der Waals surface area contributed by atoms with Gasteiger partial charge in [-0.25, -0.2) is 13.4 Å². The van der Waals surface area contributed by atoms with E-state index >= 15 is 0 Å². The molecule has 21 heavy (non-hydrogen) atoms. The van der Waals surface area contributed by atoms with Gasteiger partial charge in [-0.2, -0.15) is 0 Å². The third-order valence-electron chi connectivity index (χ3n) is 3.31. The Morgan fingerprint density at radius 2 is 1.95 bits per heavy atom. The second kappa shape index (κ2) is 6.15. The normalized spacial score (nSPS) is 13.1. The van der Waals surface area contributed by atoms with Crippen LogP contribution in [0.5, 0.6) is 0 Å². The van der Waals surface area contributed by atoms with Gasteiger partial charge in [-0.05, 0) is 32.9 Å². The van der Waals surface area contributed by atoms with Crippen LogP contribution in [0.4, 0.5) is 5.69 Å². The lowest BCUT2D eigenvalue weighted by atomic mass is 10.2. The molecule has 1 N–H and O–H groups in total. The van der Waals surface area contributed by atoms with E-state index in [1.165, 1.54) is 0 Å². The predicted octanol–water partition coefficient (Wildman–Crippen LogP) is 3.73. The molecule has 1 aromatic carbocycles. The molecule has 1 atom stereocenters. The van der Waals surface area contributed by atoms with Crippen molar-refractivity contribution >= 4 is 26.9 Å². The molecule has 0 bridgehead atoms. The molecule has 4 nitrogen and oxygen atoms in total. The standard InChI is InChI=1S/C15H20N2O2S2/c1-5-21(18,19)14-9-7-6-8-13(14)17-11(3)15-10(2)16-12(4)20-15/h6-9,11,17H,5H2,1-4H3. The minimum Gasteiger partial charge on any atom is -0.377 e. The molecule has 2 rings (SSSR count). The Labute approximate surface area is 130 Å². The number of anilines is 1. The molecule has 114 valence electrons. The van der Waals surface area contributed by atoms with Crippen molar-refractivity contribution in [2.24, 2.45) is 0 Å². The summed E-state index contributed by atoms with van der Waals surface area (Å²) in [6.07, 6.45) is 0. The Balaban J connectivity index is 2.34. The number of aryl methyl sites for hydroxylation is 2. The highest BCUT2D eigenvalue weighted by Gasteiger charge is 2.19. The number of sulfone groups is 1. The summed E-state index contributed by atoms with van der Waals surface area (Å²) >= 11 is 1.64. The number of hydrogen-bond acceptors (Lipinski definition) is 5. The summed E-state index contributed by atoms with van der Waals surface area (Å²) in [5.74, 6) is 0.0960. The van der Waals surface area contributed by atoms with Crippen molar-refractivity contribution in [2.75, 3.05) is 11.1 Å². The van der Waals surface area contributed by atoms with E-state index in [1.54, 1.807) is 30.4 Å². The van der Waals surface area contributed by atoms with Crippen LogP contribution in [0.3, 0.4) is 0 Å². The average molecular weight is 324 g/mol. The van der Waals surface area contributed by atoms with Crippen molar-refractivity contribution in [3.05, 3.63) is 39.8 Å². The van der Waals surface area contributed by atoms with Crippen LogP contribution in [0.15, 0.2) is 29.2 Å². The average Bonchev–Trinajstić information content (AvgIpc) is 2.78. The van der Waals surface area contributed by atoms with E-state index < -0.39 is 9.84 Å². The fourth-order valence-electron chi connectivity index (χ4n) is 2.26. The minimum atomic E-state index is -3.24. The molecule has 0 radical (unpaired) electrons. The first-order valence-corrected chi connectivity index (χ1v) is 9.34. The van der Waals surface area contributed by atoms with Crippen molar-refractivity contribution in [3.8, 4) is 0 Å². The lowest BCUT2D eigenvalue weighted by Crippen LogP contribution is -2.12. The fourth-order valence-corrected chi connectivity index (χ4v) is 4.25. The van der Waals surface area contributed by atoms with Gasteiger partial charge in [0.15, 0.2) is 9.84 Å². The van der Waals surface area contributed by atoms with Crippen molar-refractivity contribution in [2.45, 2.75) is 38.6 Å². The third kappa shape index (κ3) is 3.44. The number of nitrogens with one attached hydrogen (secondary N) is 1. The summed E-state index contributed by atoms with van der Waals surface area (Å²) < 4.78 is 24.3. The van der Waals surface area contributed by atoms with Gasteiger partial charge in [0.1, 0.15) is 0 Å². The number of nitrogens with zero attached hydrogens (tertiary/aromatic N) is 1.